The van der Waals surface area contributed by atoms with Crippen LogP contribution in [0.15, 0.2) is 66.4 Å². The second-order valence-corrected chi connectivity index (χ2v) is 7.61. The van der Waals surface area contributed by atoms with E-state index in [-0.39, 0.29) is 17.1 Å². The zero-order chi connectivity index (χ0) is 21.7. The van der Waals surface area contributed by atoms with E-state index < -0.39 is 18.0 Å². The van der Waals surface area contributed by atoms with Gasteiger partial charge >= 0.3 is 5.97 Å². The van der Waals surface area contributed by atoms with Crippen LogP contribution in [0.25, 0.3) is 0 Å². The van der Waals surface area contributed by atoms with Gasteiger partial charge in [0.15, 0.2) is 5.76 Å². The number of ether oxygens (including phenoxy) is 3. The minimum Gasteiger partial charge on any atom is -0.487 e. The molecule has 3 atom stereocenters. The van der Waals surface area contributed by atoms with Gasteiger partial charge in [-0.2, -0.15) is 10.5 Å². The van der Waals surface area contributed by atoms with E-state index in [0.29, 0.717) is 17.1 Å². The second-order valence-electron chi connectivity index (χ2n) is 7.61. The normalized spacial score (nSPS) is 20.2. The molecule has 2 aromatic rings. The summed E-state index contributed by atoms with van der Waals surface area (Å²) in [4.78, 5) is 12.8. The van der Waals surface area contributed by atoms with Crippen molar-refractivity contribution in [3.63, 3.8) is 0 Å². The van der Waals surface area contributed by atoms with Crippen LogP contribution in [0, 0.1) is 39.9 Å². The van der Waals surface area contributed by atoms with Crippen molar-refractivity contribution >= 4 is 5.97 Å². The summed E-state index contributed by atoms with van der Waals surface area (Å²) in [5.41, 5.74) is 0.148. The summed E-state index contributed by atoms with van der Waals surface area (Å²) >= 11 is 0. The molecular weight excluding hydrogens is 380 g/mol. The first kappa shape index (κ1) is 21.0. The van der Waals surface area contributed by atoms with Crippen LogP contribution in [0.5, 0.6) is 11.5 Å². The Kier molecular flexibility index (Phi) is 6.09. The first-order valence-corrected chi connectivity index (χ1v) is 9.49. The lowest BCUT2D eigenvalue weighted by Crippen LogP contribution is -2.14. The molecule has 152 valence electrons. The van der Waals surface area contributed by atoms with E-state index in [4.69, 9.17) is 19.5 Å². The number of benzene rings is 2. The smallest absolute Gasteiger partial charge is 0.311 e. The Balaban J connectivity index is 1.72. The molecule has 1 saturated carbocycles. The first-order chi connectivity index (χ1) is 14.4. The fourth-order valence-electron chi connectivity index (χ4n) is 3.48. The molecule has 1 aliphatic rings. The topological polar surface area (TPSA) is 92.3 Å². The Morgan fingerprint density at radius 1 is 1.10 bits per heavy atom. The third kappa shape index (κ3) is 4.45. The Morgan fingerprint density at radius 3 is 2.43 bits per heavy atom. The summed E-state index contributed by atoms with van der Waals surface area (Å²) in [6.07, 6.45) is 0.581. The van der Waals surface area contributed by atoms with Crippen molar-refractivity contribution in [3.8, 4) is 23.6 Å². The van der Waals surface area contributed by atoms with Gasteiger partial charge in [0, 0.05) is 11.5 Å². The minimum atomic E-state index is -1.06. The van der Waals surface area contributed by atoms with E-state index >= 15 is 0 Å². The molecule has 1 unspecified atom stereocenters. The molecule has 0 spiro atoms. The molecule has 6 nitrogen and oxygen atoms in total. The quantitative estimate of drug-likeness (QED) is 0.371. The highest BCUT2D eigenvalue weighted by atomic mass is 16.5. The van der Waals surface area contributed by atoms with Crippen molar-refractivity contribution in [2.75, 3.05) is 7.11 Å². The van der Waals surface area contributed by atoms with Gasteiger partial charge in [0.2, 0.25) is 6.10 Å². The van der Waals surface area contributed by atoms with Gasteiger partial charge in [-0.05, 0) is 35.8 Å². The van der Waals surface area contributed by atoms with Gasteiger partial charge < -0.3 is 14.2 Å². The van der Waals surface area contributed by atoms with Gasteiger partial charge in [0.05, 0.1) is 13.0 Å². The summed E-state index contributed by atoms with van der Waals surface area (Å²) in [6.45, 7) is 3.83. The molecule has 0 heterocycles. The molecule has 3 rings (SSSR count). The lowest BCUT2D eigenvalue weighted by Gasteiger charge is -2.13. The van der Waals surface area contributed by atoms with Crippen molar-refractivity contribution in [1.29, 1.82) is 10.5 Å². The Hall–Kier alpha value is -3.77. The number of hydrogen-bond acceptors (Lipinski definition) is 6. The molecule has 6 heteroatoms. The van der Waals surface area contributed by atoms with Gasteiger partial charge in [-0.15, -0.1) is 0 Å². The number of nitriles is 2. The maximum Gasteiger partial charge on any atom is 0.311 e. The maximum absolute atomic E-state index is 12.8. The second kappa shape index (κ2) is 8.71. The number of para-hydroxylation sites is 1. The van der Waals surface area contributed by atoms with E-state index in [1.54, 1.807) is 30.3 Å². The van der Waals surface area contributed by atoms with E-state index in [2.05, 4.69) is 0 Å². The highest BCUT2D eigenvalue weighted by Gasteiger charge is 2.62. The summed E-state index contributed by atoms with van der Waals surface area (Å²) in [5, 5.41) is 18.6. The van der Waals surface area contributed by atoms with Crippen molar-refractivity contribution in [1.82, 2.24) is 0 Å². The zero-order valence-electron chi connectivity index (χ0n) is 17.0. The van der Waals surface area contributed by atoms with E-state index in [1.807, 2.05) is 56.3 Å². The summed E-state index contributed by atoms with van der Waals surface area (Å²) in [5.74, 6) is 0.256. The van der Waals surface area contributed by atoms with Gasteiger partial charge in [0.1, 0.15) is 23.6 Å². The Labute approximate surface area is 175 Å². The number of hydrogen-bond donors (Lipinski definition) is 0. The van der Waals surface area contributed by atoms with Crippen molar-refractivity contribution in [2.24, 2.45) is 17.3 Å². The summed E-state index contributed by atoms with van der Waals surface area (Å²) < 4.78 is 16.3. The summed E-state index contributed by atoms with van der Waals surface area (Å²) in [7, 11) is 1.41. The first-order valence-electron chi connectivity index (χ1n) is 9.49. The molecule has 2 aromatic carbocycles. The fourth-order valence-corrected chi connectivity index (χ4v) is 3.48. The summed E-state index contributed by atoms with van der Waals surface area (Å²) in [6, 6.07) is 20.2. The average Bonchev–Trinajstić information content (AvgIpc) is 3.30. The van der Waals surface area contributed by atoms with Crippen LogP contribution in [0.2, 0.25) is 0 Å². The lowest BCUT2D eigenvalue weighted by molar-refractivity contribution is -0.149. The highest BCUT2D eigenvalue weighted by molar-refractivity contribution is 5.78. The third-order valence-corrected chi connectivity index (χ3v) is 5.32. The third-order valence-electron chi connectivity index (χ3n) is 5.32. The number of nitrogens with zero attached hydrogens (tertiary/aromatic N) is 2. The van der Waals surface area contributed by atoms with E-state index in [0.717, 1.165) is 0 Å². The van der Waals surface area contributed by atoms with Crippen molar-refractivity contribution in [2.45, 2.75) is 20.0 Å². The standard InChI is InChI=1S/C24H22N2O4/c1-24(2)20(13-19(14-25)28-3)22(24)23(27)30-21(15-26)16-8-7-11-18(12-16)29-17-9-5-4-6-10-17/h4-13,20-22H,1-3H3/t20-,21?,22-/m0/s1. The van der Waals surface area contributed by atoms with Gasteiger partial charge in [-0.3, -0.25) is 4.79 Å². The van der Waals surface area contributed by atoms with E-state index in [9.17, 15) is 10.1 Å². The Morgan fingerprint density at radius 2 is 1.80 bits per heavy atom. The molecule has 1 fully saturated rings. The fraction of sp³-hybridized carbons (Fsp3) is 0.292. The predicted molar refractivity (Wildman–Crippen MR) is 109 cm³/mol. The zero-order valence-corrected chi connectivity index (χ0v) is 17.0. The maximum atomic E-state index is 12.8. The monoisotopic (exact) mass is 402 g/mol. The molecule has 0 aliphatic heterocycles. The molecule has 0 bridgehead atoms. The van der Waals surface area contributed by atoms with Gasteiger partial charge in [-0.1, -0.05) is 44.2 Å². The van der Waals surface area contributed by atoms with Crippen molar-refractivity contribution in [3.05, 3.63) is 72.0 Å². The molecule has 0 saturated heterocycles. The average molecular weight is 402 g/mol. The van der Waals surface area contributed by atoms with E-state index in [1.165, 1.54) is 7.11 Å². The van der Waals surface area contributed by atoms with Gasteiger partial charge in [-0.25, -0.2) is 0 Å². The number of esters is 1. The van der Waals surface area contributed by atoms with Crippen LogP contribution in [-0.2, 0) is 14.3 Å². The van der Waals surface area contributed by atoms with Crippen LogP contribution in [0.1, 0.15) is 25.5 Å². The lowest BCUT2D eigenvalue weighted by atomic mass is 10.1. The van der Waals surface area contributed by atoms with Crippen molar-refractivity contribution < 1.29 is 19.0 Å². The SMILES string of the molecule is COC(C#N)=C[C@H]1[C@@H](C(=O)OC(C#N)c2cccc(Oc3ccccc3)c2)C1(C)C. The largest absolute Gasteiger partial charge is 0.487 e. The molecule has 0 N–H and O–H groups in total. The number of methoxy groups -OCH3 is 1. The van der Waals surface area contributed by atoms with Crippen LogP contribution < -0.4 is 4.74 Å². The van der Waals surface area contributed by atoms with Crippen LogP contribution in [-0.4, -0.2) is 13.1 Å². The van der Waals surface area contributed by atoms with Crippen LogP contribution in [0.3, 0.4) is 0 Å². The van der Waals surface area contributed by atoms with Crippen LogP contribution in [0.4, 0.5) is 0 Å². The molecular formula is C24H22N2O4. The van der Waals surface area contributed by atoms with Crippen LogP contribution >= 0.6 is 0 Å². The number of rotatable bonds is 7. The number of allylic oxidation sites excluding steroid dienone is 2. The molecule has 0 radical (unpaired) electrons. The molecule has 1 aliphatic carbocycles. The molecule has 0 aromatic heterocycles. The highest BCUT2D eigenvalue weighted by Crippen LogP contribution is 2.60. The molecule has 30 heavy (non-hydrogen) atoms. The minimum absolute atomic E-state index is 0.158. The number of carbonyl (C=O) groups is 1. The predicted octanol–water partition coefficient (Wildman–Crippen LogP) is 4.91. The van der Waals surface area contributed by atoms with Gasteiger partial charge in [0.25, 0.3) is 0 Å². The molecule has 0 amide bonds. The number of carbonyl (C=O) groups excluding carboxylic acids is 1. The Bertz CT molecular complexity index is 1030.